The van der Waals surface area contributed by atoms with Crippen LogP contribution >= 0.6 is 45.2 Å². The van der Waals surface area contributed by atoms with Crippen molar-refractivity contribution in [2.75, 3.05) is 19.8 Å². The van der Waals surface area contributed by atoms with Crippen LogP contribution in [-0.2, 0) is 0 Å². The van der Waals surface area contributed by atoms with Gasteiger partial charge in [-0.05, 0) is 121 Å². The number of benzene rings is 5. The van der Waals surface area contributed by atoms with E-state index in [2.05, 4.69) is 99.3 Å². The third kappa shape index (κ3) is 5.20. The molecule has 0 unspecified atom stereocenters. The van der Waals surface area contributed by atoms with Crippen molar-refractivity contribution in [1.29, 1.82) is 0 Å². The van der Waals surface area contributed by atoms with Gasteiger partial charge in [-0.3, -0.25) is 0 Å². The van der Waals surface area contributed by atoms with E-state index in [1.807, 2.05) is 36.4 Å². The first-order valence-electron chi connectivity index (χ1n) is 13.0. The van der Waals surface area contributed by atoms with E-state index in [9.17, 15) is 0 Å². The maximum absolute atomic E-state index is 6.61. The molecule has 0 bridgehead atoms. The van der Waals surface area contributed by atoms with Crippen molar-refractivity contribution >= 4 is 66.7 Å². The average Bonchev–Trinajstić information content (AvgIpc) is 3.00. The summed E-state index contributed by atoms with van der Waals surface area (Å²) in [5.41, 5.74) is 3.27. The highest BCUT2D eigenvalue weighted by Gasteiger charge is 2.33. The fraction of sp³-hybridized carbons (Fsp3) is 0.111. The second-order valence-electron chi connectivity index (χ2n) is 9.55. The van der Waals surface area contributed by atoms with Gasteiger partial charge < -0.3 is 18.9 Å². The van der Waals surface area contributed by atoms with E-state index in [1.165, 1.54) is 0 Å². The number of halogens is 2. The normalized spacial score (nSPS) is 11.9. The average molecular weight is 772 g/mol. The van der Waals surface area contributed by atoms with Crippen molar-refractivity contribution < 1.29 is 18.9 Å². The van der Waals surface area contributed by atoms with Gasteiger partial charge in [-0.1, -0.05) is 42.0 Å². The van der Waals surface area contributed by atoms with Crippen LogP contribution < -0.4 is 18.9 Å². The summed E-state index contributed by atoms with van der Waals surface area (Å²) in [4.78, 5) is 0. The minimum absolute atomic E-state index is 0.144. The number of rotatable bonds is 7. The molecule has 1 aliphatic heterocycles. The first-order chi connectivity index (χ1) is 20.5. The summed E-state index contributed by atoms with van der Waals surface area (Å²) in [5, 5.41) is 4.20. The molecular weight excluding hydrogens is 750 g/mol. The molecule has 0 fully saturated rings. The predicted molar refractivity (Wildman–Crippen MR) is 184 cm³/mol. The third-order valence-electron chi connectivity index (χ3n) is 7.08. The second kappa shape index (κ2) is 12.1. The summed E-state index contributed by atoms with van der Waals surface area (Å²) in [7, 11) is 0. The molecule has 6 heteroatoms. The van der Waals surface area contributed by atoms with Crippen molar-refractivity contribution in [3.8, 4) is 65.8 Å². The molecule has 204 valence electrons. The Morgan fingerprint density at radius 2 is 1.10 bits per heavy atom. The van der Waals surface area contributed by atoms with E-state index >= 15 is 0 Å². The fourth-order valence-electron chi connectivity index (χ4n) is 5.42. The monoisotopic (exact) mass is 772 g/mol. The number of hydrogen-bond acceptors (Lipinski definition) is 4. The highest BCUT2D eigenvalue weighted by molar-refractivity contribution is 14.1. The van der Waals surface area contributed by atoms with Crippen LogP contribution in [0.4, 0.5) is 0 Å². The zero-order chi connectivity index (χ0) is 29.2. The molecule has 4 nitrogen and oxygen atoms in total. The molecule has 0 radical (unpaired) electrons. The van der Waals surface area contributed by atoms with Crippen molar-refractivity contribution in [2.24, 2.45) is 0 Å². The maximum Gasteiger partial charge on any atom is 0.148 e. The van der Waals surface area contributed by atoms with E-state index in [-0.39, 0.29) is 25.7 Å². The SMILES string of the molecule is C#CCOc1ccc2c3c(ccc2c1)Oc1ccc2cc(OCC#C)ccc2c1C3c1cc(I)c(OCC#C)c(I)c1. The van der Waals surface area contributed by atoms with E-state index in [0.29, 0.717) is 0 Å². The van der Waals surface area contributed by atoms with Crippen molar-refractivity contribution in [2.45, 2.75) is 5.92 Å². The zero-order valence-corrected chi connectivity index (χ0v) is 26.6. The smallest absolute Gasteiger partial charge is 0.148 e. The Kier molecular flexibility index (Phi) is 8.07. The summed E-state index contributed by atoms with van der Waals surface area (Å²) in [6.07, 6.45) is 16.3. The third-order valence-corrected chi connectivity index (χ3v) is 8.68. The summed E-state index contributed by atoms with van der Waals surface area (Å²) in [5.74, 6) is 11.3. The van der Waals surface area contributed by atoms with E-state index < -0.39 is 0 Å². The summed E-state index contributed by atoms with van der Waals surface area (Å²) in [6.45, 7) is 0.622. The molecule has 6 rings (SSSR count). The lowest BCUT2D eigenvalue weighted by atomic mass is 9.78. The number of hydrogen-bond donors (Lipinski definition) is 0. The van der Waals surface area contributed by atoms with Crippen LogP contribution in [0.1, 0.15) is 22.6 Å². The second-order valence-corrected chi connectivity index (χ2v) is 11.9. The lowest BCUT2D eigenvalue weighted by Crippen LogP contribution is -2.14. The highest BCUT2D eigenvalue weighted by Crippen LogP contribution is 2.53. The summed E-state index contributed by atoms with van der Waals surface area (Å²) < 4.78 is 25.9. The van der Waals surface area contributed by atoms with Crippen LogP contribution in [0.3, 0.4) is 0 Å². The molecule has 5 aromatic rings. The molecule has 0 aromatic heterocycles. The lowest BCUT2D eigenvalue weighted by Gasteiger charge is -2.31. The van der Waals surface area contributed by atoms with Crippen molar-refractivity contribution in [3.05, 3.63) is 96.6 Å². The Morgan fingerprint density at radius 1 is 0.619 bits per heavy atom. The molecule has 0 saturated heterocycles. The van der Waals surface area contributed by atoms with Crippen LogP contribution in [-0.4, -0.2) is 19.8 Å². The molecule has 0 spiro atoms. The van der Waals surface area contributed by atoms with Crippen LogP contribution in [0.15, 0.2) is 72.8 Å². The first kappa shape index (κ1) is 28.1. The quantitative estimate of drug-likeness (QED) is 0.121. The molecule has 1 heterocycles. The molecular formula is C36H22I2O4. The molecule has 0 amide bonds. The first-order valence-corrected chi connectivity index (χ1v) is 15.2. The molecule has 42 heavy (non-hydrogen) atoms. The Morgan fingerprint density at radius 3 is 1.57 bits per heavy atom. The fourth-order valence-corrected chi connectivity index (χ4v) is 7.55. The number of ether oxygens (including phenoxy) is 4. The Balaban J connectivity index is 1.61. The van der Waals surface area contributed by atoms with E-state index in [1.54, 1.807) is 0 Å². The number of terminal acetylenes is 3. The molecule has 5 aromatic carbocycles. The van der Waals surface area contributed by atoms with Gasteiger partial charge in [0.25, 0.3) is 0 Å². The Labute approximate surface area is 272 Å². The Bertz CT molecular complexity index is 1860. The van der Waals surface area contributed by atoms with Crippen LogP contribution in [0.25, 0.3) is 21.5 Å². The zero-order valence-electron chi connectivity index (χ0n) is 22.2. The summed E-state index contributed by atoms with van der Waals surface area (Å²) >= 11 is 4.64. The van der Waals surface area contributed by atoms with Gasteiger partial charge in [0.05, 0.1) is 7.14 Å². The van der Waals surface area contributed by atoms with Gasteiger partial charge in [-0.25, -0.2) is 0 Å². The lowest BCUT2D eigenvalue weighted by molar-refractivity contribution is 0.365. The van der Waals surface area contributed by atoms with E-state index in [4.69, 9.17) is 38.2 Å². The number of fused-ring (bicyclic) bond motifs is 6. The van der Waals surface area contributed by atoms with E-state index in [0.717, 1.165) is 74.1 Å². The molecule has 0 saturated carbocycles. The van der Waals surface area contributed by atoms with Gasteiger partial charge in [-0.15, -0.1) is 19.3 Å². The van der Waals surface area contributed by atoms with Gasteiger partial charge in [0.1, 0.15) is 48.6 Å². The molecule has 0 aliphatic carbocycles. The van der Waals surface area contributed by atoms with Crippen LogP contribution in [0.2, 0.25) is 0 Å². The summed E-state index contributed by atoms with van der Waals surface area (Å²) in [6, 6.07) is 24.6. The van der Waals surface area contributed by atoms with Gasteiger partial charge in [0.2, 0.25) is 0 Å². The van der Waals surface area contributed by atoms with Crippen LogP contribution in [0.5, 0.6) is 28.7 Å². The van der Waals surface area contributed by atoms with Crippen molar-refractivity contribution in [1.82, 2.24) is 0 Å². The molecule has 1 aliphatic rings. The van der Waals surface area contributed by atoms with Gasteiger partial charge in [0.15, 0.2) is 0 Å². The van der Waals surface area contributed by atoms with Gasteiger partial charge in [0, 0.05) is 17.0 Å². The van der Waals surface area contributed by atoms with Crippen LogP contribution in [0, 0.1) is 44.2 Å². The molecule has 0 N–H and O–H groups in total. The van der Waals surface area contributed by atoms with Crippen molar-refractivity contribution in [3.63, 3.8) is 0 Å². The molecule has 0 atom stereocenters. The van der Waals surface area contributed by atoms with Gasteiger partial charge in [-0.2, -0.15) is 0 Å². The predicted octanol–water partition coefficient (Wildman–Crippen LogP) is 8.52. The van der Waals surface area contributed by atoms with Gasteiger partial charge >= 0.3 is 0 Å². The minimum Gasteiger partial charge on any atom is -0.481 e. The standard InChI is InChI=1S/C36H22I2O4/c1-4-15-39-25-9-11-27-22(18-25)7-13-31-34(27)33(24-20-29(37)36(30(38)21-24)41-17-6-3)35-28-12-10-26(40-16-5-2)19-23(28)8-14-32(35)42-31/h1-3,7-14,18-21,33H,15-17H2. The highest BCUT2D eigenvalue weighted by atomic mass is 127. The largest absolute Gasteiger partial charge is 0.481 e. The maximum atomic E-state index is 6.61. The Hall–Kier alpha value is -4.04. The minimum atomic E-state index is -0.144. The topological polar surface area (TPSA) is 36.9 Å².